The van der Waals surface area contributed by atoms with Crippen LogP contribution in [0.5, 0.6) is 5.75 Å². The number of hydroxylamine groups is 1. The Morgan fingerprint density at radius 2 is 1.82 bits per heavy atom. The maximum Gasteiger partial charge on any atom is 0.244 e. The average Bonchev–Trinajstić information content (AvgIpc) is 2.56. The molecular formula is C17H19NO3S. The third kappa shape index (κ3) is 5.79. The first-order valence-electron chi connectivity index (χ1n) is 6.99. The fourth-order valence-electron chi connectivity index (χ4n) is 1.76. The van der Waals surface area contributed by atoms with E-state index >= 15 is 0 Å². The van der Waals surface area contributed by atoms with Crippen molar-refractivity contribution in [3.8, 4) is 5.75 Å². The van der Waals surface area contributed by atoms with Crippen LogP contribution in [0.4, 0.5) is 0 Å². The Hall–Kier alpha value is -1.98. The molecule has 0 saturated heterocycles. The van der Waals surface area contributed by atoms with Gasteiger partial charge in [-0.1, -0.05) is 30.3 Å². The minimum absolute atomic E-state index is 0.114. The summed E-state index contributed by atoms with van der Waals surface area (Å²) < 4.78 is 5.10. The van der Waals surface area contributed by atoms with Crippen molar-refractivity contribution in [2.45, 2.75) is 17.9 Å². The van der Waals surface area contributed by atoms with Crippen LogP contribution in [0.15, 0.2) is 59.5 Å². The third-order valence-corrected chi connectivity index (χ3v) is 3.94. The maximum atomic E-state index is 11.7. The predicted molar refractivity (Wildman–Crippen MR) is 87.7 cm³/mol. The number of thioether (sulfide) groups is 1. The summed E-state index contributed by atoms with van der Waals surface area (Å²) in [5.41, 5.74) is 3.49. The van der Waals surface area contributed by atoms with Gasteiger partial charge in [0.25, 0.3) is 0 Å². The SMILES string of the molecule is COc1ccc(SCCC(=O)NOCc2ccccc2)cc1. The molecule has 1 amide bonds. The number of methoxy groups -OCH3 is 1. The zero-order chi connectivity index (χ0) is 15.6. The Kier molecular flexibility index (Phi) is 6.80. The second kappa shape index (κ2) is 9.12. The van der Waals surface area contributed by atoms with Crippen LogP contribution in [0.1, 0.15) is 12.0 Å². The zero-order valence-electron chi connectivity index (χ0n) is 12.5. The minimum Gasteiger partial charge on any atom is -0.497 e. The van der Waals surface area contributed by atoms with Gasteiger partial charge in [-0.15, -0.1) is 11.8 Å². The third-order valence-electron chi connectivity index (χ3n) is 2.92. The Balaban J connectivity index is 1.61. The van der Waals surface area contributed by atoms with Crippen LogP contribution < -0.4 is 10.2 Å². The van der Waals surface area contributed by atoms with Gasteiger partial charge in [-0.05, 0) is 29.8 Å². The van der Waals surface area contributed by atoms with Gasteiger partial charge < -0.3 is 4.74 Å². The first-order valence-corrected chi connectivity index (χ1v) is 7.98. The van der Waals surface area contributed by atoms with E-state index in [2.05, 4.69) is 5.48 Å². The van der Waals surface area contributed by atoms with Gasteiger partial charge in [0.05, 0.1) is 13.7 Å². The van der Waals surface area contributed by atoms with Crippen molar-refractivity contribution < 1.29 is 14.4 Å². The fraction of sp³-hybridized carbons (Fsp3) is 0.235. The molecule has 0 bridgehead atoms. The fourth-order valence-corrected chi connectivity index (χ4v) is 2.61. The molecule has 2 aromatic rings. The summed E-state index contributed by atoms with van der Waals surface area (Å²) in [5, 5.41) is 0. The number of nitrogens with one attached hydrogen (secondary N) is 1. The van der Waals surface area contributed by atoms with E-state index in [1.54, 1.807) is 18.9 Å². The quantitative estimate of drug-likeness (QED) is 0.598. The maximum absolute atomic E-state index is 11.7. The van der Waals surface area contributed by atoms with E-state index < -0.39 is 0 Å². The van der Waals surface area contributed by atoms with Crippen molar-refractivity contribution in [3.63, 3.8) is 0 Å². The molecule has 22 heavy (non-hydrogen) atoms. The lowest BCUT2D eigenvalue weighted by Crippen LogP contribution is -2.23. The summed E-state index contributed by atoms with van der Waals surface area (Å²) in [6.07, 6.45) is 0.408. The molecule has 5 heteroatoms. The lowest BCUT2D eigenvalue weighted by Gasteiger charge is -2.06. The summed E-state index contributed by atoms with van der Waals surface area (Å²) in [5.74, 6) is 1.42. The molecule has 116 valence electrons. The van der Waals surface area contributed by atoms with E-state index in [-0.39, 0.29) is 5.91 Å². The molecule has 0 radical (unpaired) electrons. The molecule has 2 rings (SSSR count). The number of benzene rings is 2. The van der Waals surface area contributed by atoms with E-state index in [4.69, 9.17) is 9.57 Å². The topological polar surface area (TPSA) is 47.6 Å². The van der Waals surface area contributed by atoms with Gasteiger partial charge in [0, 0.05) is 17.1 Å². The highest BCUT2D eigenvalue weighted by atomic mass is 32.2. The molecule has 2 aromatic carbocycles. The molecule has 0 aliphatic rings. The Morgan fingerprint density at radius 3 is 2.50 bits per heavy atom. The van der Waals surface area contributed by atoms with Gasteiger partial charge in [-0.25, -0.2) is 5.48 Å². The van der Waals surface area contributed by atoms with Gasteiger partial charge in [0.1, 0.15) is 5.75 Å². The number of carbonyl (C=O) groups is 1. The van der Waals surface area contributed by atoms with E-state index in [9.17, 15) is 4.79 Å². The van der Waals surface area contributed by atoms with Crippen LogP contribution in [0.2, 0.25) is 0 Å². The first kappa shape index (κ1) is 16.4. The Bertz CT molecular complexity index is 572. The lowest BCUT2D eigenvalue weighted by atomic mass is 10.2. The summed E-state index contributed by atoms with van der Waals surface area (Å²) >= 11 is 1.63. The highest BCUT2D eigenvalue weighted by Crippen LogP contribution is 2.21. The van der Waals surface area contributed by atoms with Crippen LogP contribution in [0, 0.1) is 0 Å². The number of hydrogen-bond donors (Lipinski definition) is 1. The molecule has 0 aromatic heterocycles. The summed E-state index contributed by atoms with van der Waals surface area (Å²) in [7, 11) is 1.64. The van der Waals surface area contributed by atoms with Crippen molar-refractivity contribution in [2.75, 3.05) is 12.9 Å². The standard InChI is InChI=1S/C17H19NO3S/c1-20-15-7-9-16(10-8-15)22-12-11-17(19)18-21-13-14-5-3-2-4-6-14/h2-10H,11-13H2,1H3,(H,18,19). The van der Waals surface area contributed by atoms with Crippen molar-refractivity contribution in [1.29, 1.82) is 0 Å². The molecule has 0 aliphatic heterocycles. The average molecular weight is 317 g/mol. The lowest BCUT2D eigenvalue weighted by molar-refractivity contribution is -0.134. The van der Waals surface area contributed by atoms with E-state index in [0.29, 0.717) is 18.8 Å². The first-order chi connectivity index (χ1) is 10.8. The number of hydrogen-bond acceptors (Lipinski definition) is 4. The molecule has 0 aliphatic carbocycles. The Morgan fingerprint density at radius 1 is 1.09 bits per heavy atom. The van der Waals surface area contributed by atoms with Crippen molar-refractivity contribution in [3.05, 3.63) is 60.2 Å². The van der Waals surface area contributed by atoms with Crippen LogP contribution >= 0.6 is 11.8 Å². The molecule has 0 unspecified atom stereocenters. The summed E-state index contributed by atoms with van der Waals surface area (Å²) in [4.78, 5) is 18.0. The summed E-state index contributed by atoms with van der Waals surface area (Å²) in [6.45, 7) is 0.373. The van der Waals surface area contributed by atoms with Crippen LogP contribution in [0.3, 0.4) is 0 Å². The second-order valence-corrected chi connectivity index (χ2v) is 5.74. The smallest absolute Gasteiger partial charge is 0.244 e. The molecule has 4 nitrogen and oxygen atoms in total. The van der Waals surface area contributed by atoms with Crippen LogP contribution in [0.25, 0.3) is 0 Å². The number of carbonyl (C=O) groups excluding carboxylic acids is 1. The van der Waals surface area contributed by atoms with Gasteiger partial charge in [0.15, 0.2) is 0 Å². The molecule has 0 heterocycles. The van der Waals surface area contributed by atoms with Crippen LogP contribution in [-0.2, 0) is 16.2 Å². The van der Waals surface area contributed by atoms with Gasteiger partial charge in [0.2, 0.25) is 5.91 Å². The van der Waals surface area contributed by atoms with Gasteiger partial charge in [-0.2, -0.15) is 0 Å². The highest BCUT2D eigenvalue weighted by molar-refractivity contribution is 7.99. The van der Waals surface area contributed by atoms with Crippen molar-refractivity contribution in [2.24, 2.45) is 0 Å². The zero-order valence-corrected chi connectivity index (χ0v) is 13.3. The van der Waals surface area contributed by atoms with E-state index in [1.165, 1.54) is 0 Å². The molecule has 0 spiro atoms. The highest BCUT2D eigenvalue weighted by Gasteiger charge is 2.03. The Labute approximate surface area is 134 Å². The van der Waals surface area contributed by atoms with Crippen molar-refractivity contribution in [1.82, 2.24) is 5.48 Å². The molecule has 0 saturated carbocycles. The summed E-state index contributed by atoms with van der Waals surface area (Å²) in [6, 6.07) is 17.5. The second-order valence-electron chi connectivity index (χ2n) is 4.57. The largest absolute Gasteiger partial charge is 0.497 e. The van der Waals surface area contributed by atoms with Gasteiger partial charge in [-0.3, -0.25) is 9.63 Å². The number of amides is 1. The molecule has 1 N–H and O–H groups in total. The van der Waals surface area contributed by atoms with Crippen LogP contribution in [-0.4, -0.2) is 18.8 Å². The van der Waals surface area contributed by atoms with Gasteiger partial charge >= 0.3 is 0 Å². The predicted octanol–water partition coefficient (Wildman–Crippen LogP) is 3.43. The molecular weight excluding hydrogens is 298 g/mol. The number of rotatable bonds is 8. The monoisotopic (exact) mass is 317 g/mol. The van der Waals surface area contributed by atoms with Crippen molar-refractivity contribution >= 4 is 17.7 Å². The minimum atomic E-state index is -0.114. The normalized spacial score (nSPS) is 10.2. The van der Waals surface area contributed by atoms with E-state index in [1.807, 2.05) is 54.6 Å². The number of ether oxygens (including phenoxy) is 1. The molecule has 0 atom stereocenters. The van der Waals surface area contributed by atoms with E-state index in [0.717, 1.165) is 16.2 Å². The molecule has 0 fully saturated rings.